The Labute approximate surface area is 203 Å². The molecule has 0 radical (unpaired) electrons. The second-order valence-electron chi connectivity index (χ2n) is 8.87. The molecule has 0 spiro atoms. The highest BCUT2D eigenvalue weighted by Gasteiger charge is 2.33. The number of amides is 2. The third-order valence-corrected chi connectivity index (χ3v) is 7.35. The minimum Gasteiger partial charge on any atom is -0.481 e. The summed E-state index contributed by atoms with van der Waals surface area (Å²) >= 11 is 1.74. The number of hydrogen-bond acceptors (Lipinski definition) is 5. The fraction of sp³-hybridized carbons (Fsp3) is 0.423. The summed E-state index contributed by atoms with van der Waals surface area (Å²) in [5.41, 5.74) is 4.41. The lowest BCUT2D eigenvalue weighted by Crippen LogP contribution is -2.52. The van der Waals surface area contributed by atoms with Crippen molar-refractivity contribution in [3.05, 3.63) is 59.7 Å². The molecule has 8 heteroatoms. The number of ether oxygens (including phenoxy) is 1. The second kappa shape index (κ2) is 11.0. The van der Waals surface area contributed by atoms with Gasteiger partial charge in [0.25, 0.3) is 0 Å². The third-order valence-electron chi connectivity index (χ3n) is 6.55. The molecule has 1 aliphatic heterocycles. The van der Waals surface area contributed by atoms with E-state index in [0.29, 0.717) is 19.0 Å². The smallest absolute Gasteiger partial charge is 0.407 e. The normalized spacial score (nSPS) is 18.0. The van der Waals surface area contributed by atoms with Crippen LogP contribution in [0, 0.1) is 5.92 Å². The van der Waals surface area contributed by atoms with Crippen molar-refractivity contribution in [2.75, 3.05) is 31.7 Å². The van der Waals surface area contributed by atoms with Crippen LogP contribution in [-0.2, 0) is 14.3 Å². The monoisotopic (exact) mass is 482 g/mol. The zero-order valence-electron chi connectivity index (χ0n) is 19.2. The number of hydrogen-bond donors (Lipinski definition) is 2. The lowest BCUT2D eigenvalue weighted by Gasteiger charge is -2.34. The van der Waals surface area contributed by atoms with Gasteiger partial charge in [0.1, 0.15) is 12.6 Å². The minimum atomic E-state index is -1.15. The van der Waals surface area contributed by atoms with E-state index in [0.717, 1.165) is 40.8 Å². The highest BCUT2D eigenvalue weighted by molar-refractivity contribution is 7.98. The first-order chi connectivity index (χ1) is 16.5. The molecule has 1 aliphatic carbocycles. The van der Waals surface area contributed by atoms with Crippen molar-refractivity contribution in [1.29, 1.82) is 0 Å². The predicted octanol–water partition coefficient (Wildman–Crippen LogP) is 3.97. The maximum absolute atomic E-state index is 13.1. The van der Waals surface area contributed by atoms with Gasteiger partial charge in [-0.15, -0.1) is 0 Å². The summed E-state index contributed by atoms with van der Waals surface area (Å²) in [6.07, 6.45) is 2.70. The van der Waals surface area contributed by atoms with Crippen molar-refractivity contribution in [1.82, 2.24) is 10.2 Å². The lowest BCUT2D eigenvalue weighted by atomic mass is 9.98. The van der Waals surface area contributed by atoms with Crippen molar-refractivity contribution >= 4 is 29.7 Å². The first-order valence-electron chi connectivity index (χ1n) is 11.6. The largest absolute Gasteiger partial charge is 0.481 e. The average Bonchev–Trinajstić information content (AvgIpc) is 3.16. The van der Waals surface area contributed by atoms with E-state index in [1.165, 1.54) is 0 Å². The van der Waals surface area contributed by atoms with Gasteiger partial charge in [0.05, 0.1) is 6.42 Å². The van der Waals surface area contributed by atoms with E-state index in [1.807, 2.05) is 42.7 Å². The number of likely N-dealkylation sites (tertiary alicyclic amines) is 1. The first-order valence-corrected chi connectivity index (χ1v) is 13.0. The van der Waals surface area contributed by atoms with Crippen LogP contribution in [0.3, 0.4) is 0 Å². The molecule has 2 N–H and O–H groups in total. The number of benzene rings is 2. The number of alkyl carbamates (subject to hydrolysis) is 1. The van der Waals surface area contributed by atoms with E-state index < -0.39 is 24.5 Å². The molecule has 7 nitrogen and oxygen atoms in total. The molecule has 180 valence electrons. The maximum Gasteiger partial charge on any atom is 0.407 e. The van der Waals surface area contributed by atoms with E-state index in [2.05, 4.69) is 17.4 Å². The van der Waals surface area contributed by atoms with Crippen molar-refractivity contribution in [2.24, 2.45) is 5.92 Å². The third kappa shape index (κ3) is 5.38. The summed E-state index contributed by atoms with van der Waals surface area (Å²) in [4.78, 5) is 38.9. The second-order valence-corrected chi connectivity index (χ2v) is 9.78. The number of thioether (sulfide) groups is 1. The Morgan fingerprint density at radius 1 is 1.12 bits per heavy atom. The molecule has 2 aromatic carbocycles. The Hall–Kier alpha value is -3.00. The number of fused-ring (bicyclic) bond motifs is 3. The van der Waals surface area contributed by atoms with Gasteiger partial charge in [-0.3, -0.25) is 9.59 Å². The topological polar surface area (TPSA) is 95.9 Å². The number of carboxylic acid groups (broad SMARTS) is 1. The highest BCUT2D eigenvalue weighted by Crippen LogP contribution is 2.44. The molecule has 1 saturated heterocycles. The zero-order chi connectivity index (χ0) is 24.1. The van der Waals surface area contributed by atoms with E-state index in [1.54, 1.807) is 16.7 Å². The first kappa shape index (κ1) is 24.1. The van der Waals surface area contributed by atoms with Gasteiger partial charge in [0, 0.05) is 19.0 Å². The SMILES string of the molecule is CSCC1CCCN(C(=O)C(CC(=O)O)NC(=O)OCC2c3ccccc3-c3ccccc32)C1. The van der Waals surface area contributed by atoms with Crippen LogP contribution in [0.1, 0.15) is 36.3 Å². The van der Waals surface area contributed by atoms with Gasteiger partial charge in [-0.05, 0) is 53.0 Å². The van der Waals surface area contributed by atoms with Gasteiger partial charge >= 0.3 is 12.1 Å². The fourth-order valence-corrected chi connectivity index (χ4v) is 5.76. The molecule has 4 rings (SSSR count). The van der Waals surface area contributed by atoms with Crippen molar-refractivity contribution < 1.29 is 24.2 Å². The standard InChI is InChI=1S/C26H30N2O5S/c1-34-16-17-7-6-12-28(14-17)25(31)23(13-24(29)30)27-26(32)33-15-22-20-10-4-2-8-18(20)19-9-3-5-11-21(19)22/h2-5,8-11,17,22-23H,6-7,12-16H2,1H3,(H,27,32)(H,29,30). The maximum atomic E-state index is 13.1. The van der Waals surface area contributed by atoms with Crippen LogP contribution < -0.4 is 5.32 Å². The van der Waals surface area contributed by atoms with Gasteiger partial charge in [-0.2, -0.15) is 11.8 Å². The zero-order valence-corrected chi connectivity index (χ0v) is 20.1. The summed E-state index contributed by atoms with van der Waals surface area (Å²) in [6.45, 7) is 1.27. The molecular weight excluding hydrogens is 452 g/mol. The molecule has 34 heavy (non-hydrogen) atoms. The van der Waals surface area contributed by atoms with Crippen molar-refractivity contribution in [2.45, 2.75) is 31.2 Å². The van der Waals surface area contributed by atoms with Gasteiger partial charge in [0.2, 0.25) is 5.91 Å². The van der Waals surface area contributed by atoms with E-state index in [9.17, 15) is 19.5 Å². The minimum absolute atomic E-state index is 0.105. The van der Waals surface area contributed by atoms with Crippen LogP contribution in [0.15, 0.2) is 48.5 Å². The summed E-state index contributed by atoms with van der Waals surface area (Å²) in [6, 6.07) is 14.9. The van der Waals surface area contributed by atoms with E-state index in [-0.39, 0.29) is 18.4 Å². The molecule has 0 saturated carbocycles. The number of rotatable bonds is 8. The van der Waals surface area contributed by atoms with Crippen molar-refractivity contribution in [3.63, 3.8) is 0 Å². The number of carboxylic acids is 1. The quantitative estimate of drug-likeness (QED) is 0.591. The van der Waals surface area contributed by atoms with Crippen LogP contribution in [0.25, 0.3) is 11.1 Å². The summed E-state index contributed by atoms with van der Waals surface area (Å²) in [5, 5.41) is 11.9. The van der Waals surface area contributed by atoms with Crippen LogP contribution in [0.2, 0.25) is 0 Å². The van der Waals surface area contributed by atoms with Gasteiger partial charge < -0.3 is 20.1 Å². The number of nitrogens with zero attached hydrogens (tertiary/aromatic N) is 1. The number of piperidine rings is 1. The van der Waals surface area contributed by atoms with Gasteiger partial charge in [-0.1, -0.05) is 48.5 Å². The van der Waals surface area contributed by atoms with Crippen LogP contribution in [0.5, 0.6) is 0 Å². The van der Waals surface area contributed by atoms with Gasteiger partial charge in [-0.25, -0.2) is 4.79 Å². The predicted molar refractivity (Wildman–Crippen MR) is 132 cm³/mol. The molecule has 0 aromatic heterocycles. The molecule has 2 aromatic rings. The molecule has 1 fully saturated rings. The Morgan fingerprint density at radius 2 is 1.76 bits per heavy atom. The molecule has 2 aliphatic rings. The van der Waals surface area contributed by atoms with Crippen molar-refractivity contribution in [3.8, 4) is 11.1 Å². The lowest BCUT2D eigenvalue weighted by molar-refractivity contribution is -0.143. The number of nitrogens with one attached hydrogen (secondary N) is 1. The molecule has 1 heterocycles. The molecule has 0 bridgehead atoms. The number of carbonyl (C=O) groups excluding carboxylic acids is 2. The van der Waals surface area contributed by atoms with Crippen LogP contribution >= 0.6 is 11.8 Å². The van der Waals surface area contributed by atoms with Crippen LogP contribution in [-0.4, -0.2) is 65.7 Å². The molecule has 2 amide bonds. The Bertz CT molecular complexity index is 1010. The summed E-state index contributed by atoms with van der Waals surface area (Å²) in [7, 11) is 0. The molecule has 2 unspecified atom stereocenters. The Morgan fingerprint density at radius 3 is 2.38 bits per heavy atom. The highest BCUT2D eigenvalue weighted by atomic mass is 32.2. The summed E-state index contributed by atoms with van der Waals surface area (Å²) in [5.74, 6) is -0.279. The average molecular weight is 483 g/mol. The fourth-order valence-electron chi connectivity index (χ4n) is 5.01. The number of carbonyl (C=O) groups is 3. The Kier molecular flexibility index (Phi) is 7.77. The van der Waals surface area contributed by atoms with E-state index in [4.69, 9.17) is 4.74 Å². The van der Waals surface area contributed by atoms with E-state index >= 15 is 0 Å². The molecular formula is C26H30N2O5S. The summed E-state index contributed by atoms with van der Waals surface area (Å²) < 4.78 is 5.53. The Balaban J connectivity index is 1.41. The molecule has 2 atom stereocenters. The van der Waals surface area contributed by atoms with Gasteiger partial charge in [0.15, 0.2) is 0 Å². The van der Waals surface area contributed by atoms with Crippen LogP contribution in [0.4, 0.5) is 4.79 Å². The number of aliphatic carboxylic acids is 1.